The minimum Gasteiger partial charge on any atom is -0.383 e. The standard InChI is InChI=1S/C30H42N6O2/c1-3-22-19-24(20-32-27(22)31)33-28(37)29(38)36-16-5-4-7-26(36)23-8-10-25(11-9-23)35-17-13-30(14-18-35)12-6-15-34(2)21-30/h8-11,19-20,26H,3-7,12-18,21H2,1-2H3,(H2,31,32)(H,33,37)/t26-/m0/s1. The zero-order valence-corrected chi connectivity index (χ0v) is 22.9. The van der Waals surface area contributed by atoms with Crippen LogP contribution < -0.4 is 16.0 Å². The molecule has 4 heterocycles. The van der Waals surface area contributed by atoms with Gasteiger partial charge in [-0.2, -0.15) is 0 Å². The largest absolute Gasteiger partial charge is 0.383 e. The van der Waals surface area contributed by atoms with Gasteiger partial charge in [-0.15, -0.1) is 0 Å². The molecule has 0 unspecified atom stereocenters. The van der Waals surface area contributed by atoms with Crippen LogP contribution in [-0.4, -0.2) is 66.4 Å². The van der Waals surface area contributed by atoms with Gasteiger partial charge in [0.05, 0.1) is 17.9 Å². The summed E-state index contributed by atoms with van der Waals surface area (Å²) in [6.45, 7) is 7.22. The number of piperidine rings is 3. The molecule has 1 atom stereocenters. The molecule has 8 nitrogen and oxygen atoms in total. The Morgan fingerprint density at radius 3 is 2.53 bits per heavy atom. The summed E-state index contributed by atoms with van der Waals surface area (Å²) in [5, 5.41) is 2.73. The lowest BCUT2D eigenvalue weighted by Crippen LogP contribution is -2.48. The molecule has 0 radical (unpaired) electrons. The van der Waals surface area contributed by atoms with Gasteiger partial charge in [0, 0.05) is 31.9 Å². The molecule has 3 saturated heterocycles. The minimum absolute atomic E-state index is 0.0887. The number of carbonyl (C=O) groups excluding carboxylic acids is 2. The lowest BCUT2D eigenvalue weighted by Gasteiger charge is -2.47. The molecule has 0 bridgehead atoms. The molecule has 3 aliphatic rings. The van der Waals surface area contributed by atoms with Crippen LogP contribution in [0.2, 0.25) is 0 Å². The maximum atomic E-state index is 13.2. The van der Waals surface area contributed by atoms with Gasteiger partial charge in [0.25, 0.3) is 0 Å². The third kappa shape index (κ3) is 5.65. The van der Waals surface area contributed by atoms with Crippen LogP contribution in [-0.2, 0) is 16.0 Å². The van der Waals surface area contributed by atoms with Crippen molar-refractivity contribution < 1.29 is 9.59 Å². The van der Waals surface area contributed by atoms with Gasteiger partial charge in [-0.25, -0.2) is 4.98 Å². The topological polar surface area (TPSA) is 94.8 Å². The van der Waals surface area contributed by atoms with E-state index in [1.165, 1.54) is 50.7 Å². The summed E-state index contributed by atoms with van der Waals surface area (Å²) >= 11 is 0. The number of nitrogens with two attached hydrogens (primary N) is 1. The van der Waals surface area contributed by atoms with Crippen LogP contribution in [0, 0.1) is 5.41 Å². The second kappa shape index (κ2) is 11.3. The lowest BCUT2D eigenvalue weighted by atomic mass is 9.72. The van der Waals surface area contributed by atoms with E-state index >= 15 is 0 Å². The zero-order chi connectivity index (χ0) is 26.7. The zero-order valence-electron chi connectivity index (χ0n) is 22.9. The van der Waals surface area contributed by atoms with E-state index < -0.39 is 11.8 Å². The molecule has 3 N–H and O–H groups in total. The van der Waals surface area contributed by atoms with Crippen LogP contribution in [0.25, 0.3) is 0 Å². The van der Waals surface area contributed by atoms with Crippen LogP contribution in [0.1, 0.15) is 69.0 Å². The Hall–Kier alpha value is -3.13. The SMILES string of the molecule is CCc1cc(NC(=O)C(=O)N2CCCC[C@H]2c2ccc(N3CCC4(CCCN(C)C4)CC3)cc2)cnc1N. The molecule has 38 heavy (non-hydrogen) atoms. The molecule has 5 rings (SSSR count). The molecule has 1 spiro atoms. The van der Waals surface area contributed by atoms with Crippen LogP contribution in [0.3, 0.4) is 0 Å². The summed E-state index contributed by atoms with van der Waals surface area (Å²) in [6, 6.07) is 10.4. The van der Waals surface area contributed by atoms with Gasteiger partial charge in [-0.3, -0.25) is 9.59 Å². The number of likely N-dealkylation sites (tertiary alicyclic amines) is 2. The van der Waals surface area contributed by atoms with E-state index in [0.29, 0.717) is 29.9 Å². The first-order chi connectivity index (χ1) is 18.4. The van der Waals surface area contributed by atoms with Crippen LogP contribution in [0.4, 0.5) is 17.2 Å². The molecule has 1 aromatic carbocycles. The van der Waals surface area contributed by atoms with Crippen molar-refractivity contribution in [2.24, 2.45) is 5.41 Å². The Kier molecular flexibility index (Phi) is 7.88. The first-order valence-electron chi connectivity index (χ1n) is 14.3. The molecular weight excluding hydrogens is 476 g/mol. The van der Waals surface area contributed by atoms with Crippen molar-refractivity contribution in [3.63, 3.8) is 0 Å². The monoisotopic (exact) mass is 518 g/mol. The average Bonchev–Trinajstić information content (AvgIpc) is 2.94. The van der Waals surface area contributed by atoms with Crippen molar-refractivity contribution >= 4 is 29.0 Å². The highest BCUT2D eigenvalue weighted by Gasteiger charge is 2.37. The fourth-order valence-corrected chi connectivity index (χ4v) is 6.72. The van der Waals surface area contributed by atoms with E-state index in [1.54, 1.807) is 11.0 Å². The number of nitrogen functional groups attached to an aromatic ring is 1. The van der Waals surface area contributed by atoms with E-state index in [0.717, 1.165) is 43.5 Å². The van der Waals surface area contributed by atoms with Crippen LogP contribution in [0.5, 0.6) is 0 Å². The smallest absolute Gasteiger partial charge is 0.313 e. The predicted molar refractivity (Wildman–Crippen MR) is 152 cm³/mol. The quantitative estimate of drug-likeness (QED) is 0.589. The maximum Gasteiger partial charge on any atom is 0.313 e. The number of aromatic nitrogens is 1. The van der Waals surface area contributed by atoms with Crippen LogP contribution in [0.15, 0.2) is 36.5 Å². The van der Waals surface area contributed by atoms with Crippen molar-refractivity contribution in [2.75, 3.05) is 55.7 Å². The Labute approximate surface area is 226 Å². The summed E-state index contributed by atoms with van der Waals surface area (Å²) in [5.41, 5.74) is 10.1. The average molecular weight is 519 g/mol. The molecular formula is C30H42N6O2. The Balaban J connectivity index is 1.23. The number of nitrogens with zero attached hydrogens (tertiary/aromatic N) is 4. The number of aryl methyl sites for hydroxylation is 1. The maximum absolute atomic E-state index is 13.2. The van der Waals surface area contributed by atoms with Gasteiger partial charge in [0.15, 0.2) is 0 Å². The van der Waals surface area contributed by atoms with Gasteiger partial charge in [0.2, 0.25) is 0 Å². The van der Waals surface area contributed by atoms with Crippen molar-refractivity contribution in [3.05, 3.63) is 47.7 Å². The van der Waals surface area contributed by atoms with E-state index in [4.69, 9.17) is 5.73 Å². The third-order valence-electron chi connectivity index (χ3n) is 8.92. The number of hydrogen-bond donors (Lipinski definition) is 2. The Bertz CT molecular complexity index is 1140. The van der Waals surface area contributed by atoms with E-state index in [-0.39, 0.29) is 6.04 Å². The summed E-state index contributed by atoms with van der Waals surface area (Å²) in [7, 11) is 2.26. The van der Waals surface area contributed by atoms with Crippen molar-refractivity contribution in [1.82, 2.24) is 14.8 Å². The highest BCUT2D eigenvalue weighted by atomic mass is 16.2. The first-order valence-corrected chi connectivity index (χ1v) is 14.3. The number of amides is 2. The number of rotatable bonds is 4. The van der Waals surface area contributed by atoms with Crippen molar-refractivity contribution in [3.8, 4) is 0 Å². The van der Waals surface area contributed by atoms with Gasteiger partial charge in [0.1, 0.15) is 5.82 Å². The fraction of sp³-hybridized carbons (Fsp3) is 0.567. The van der Waals surface area contributed by atoms with Gasteiger partial charge in [-0.1, -0.05) is 19.1 Å². The number of nitrogens with one attached hydrogen (secondary N) is 1. The number of anilines is 3. The van der Waals surface area contributed by atoms with Crippen molar-refractivity contribution in [2.45, 2.75) is 64.3 Å². The number of hydrogen-bond acceptors (Lipinski definition) is 6. The third-order valence-corrected chi connectivity index (χ3v) is 8.92. The number of carbonyl (C=O) groups is 2. The second-order valence-electron chi connectivity index (χ2n) is 11.5. The molecule has 0 saturated carbocycles. The van der Waals surface area contributed by atoms with E-state index in [1.807, 2.05) is 6.92 Å². The molecule has 0 aliphatic carbocycles. The summed E-state index contributed by atoms with van der Waals surface area (Å²) in [4.78, 5) is 37.1. The van der Waals surface area contributed by atoms with Gasteiger partial charge >= 0.3 is 11.8 Å². The Morgan fingerprint density at radius 1 is 1.05 bits per heavy atom. The highest BCUT2D eigenvalue weighted by molar-refractivity contribution is 6.39. The molecule has 8 heteroatoms. The summed E-state index contributed by atoms with van der Waals surface area (Å²) in [5.74, 6) is -0.674. The molecule has 1 aromatic heterocycles. The minimum atomic E-state index is -0.627. The molecule has 3 fully saturated rings. The summed E-state index contributed by atoms with van der Waals surface area (Å²) < 4.78 is 0. The molecule has 204 valence electrons. The highest BCUT2D eigenvalue weighted by Crippen LogP contribution is 2.41. The summed E-state index contributed by atoms with van der Waals surface area (Å²) in [6.07, 6.45) is 10.2. The van der Waals surface area contributed by atoms with E-state index in [9.17, 15) is 9.59 Å². The van der Waals surface area contributed by atoms with Gasteiger partial charge < -0.3 is 25.8 Å². The predicted octanol–water partition coefficient (Wildman–Crippen LogP) is 4.23. The second-order valence-corrected chi connectivity index (χ2v) is 11.5. The first kappa shape index (κ1) is 26.5. The van der Waals surface area contributed by atoms with Crippen molar-refractivity contribution in [1.29, 1.82) is 0 Å². The van der Waals surface area contributed by atoms with Gasteiger partial charge in [-0.05, 0) is 99.7 Å². The molecule has 2 aromatic rings. The van der Waals surface area contributed by atoms with E-state index in [2.05, 4.69) is 51.4 Å². The van der Waals surface area contributed by atoms with Crippen LogP contribution >= 0.6 is 0 Å². The lowest BCUT2D eigenvalue weighted by molar-refractivity contribution is -0.145. The fourth-order valence-electron chi connectivity index (χ4n) is 6.72. The molecule has 3 aliphatic heterocycles. The Morgan fingerprint density at radius 2 is 1.82 bits per heavy atom. The number of pyridine rings is 1. The normalized spacial score (nSPS) is 21.9. The molecule has 2 amide bonds. The number of benzene rings is 1.